The van der Waals surface area contributed by atoms with Gasteiger partial charge in [0, 0.05) is 26.8 Å². The van der Waals surface area contributed by atoms with Crippen LogP contribution in [0, 0.1) is 0 Å². The van der Waals surface area contributed by atoms with Crippen LogP contribution in [0.25, 0.3) is 0 Å². The number of hydrazine groups is 1. The van der Waals surface area contributed by atoms with Crippen LogP contribution < -0.4 is 5.84 Å². The Bertz CT molecular complexity index is 111. The second kappa shape index (κ2) is 4.66. The molecule has 0 bridgehead atoms. The average Bonchev–Trinajstić information content (AvgIpc) is 2.01. The molecule has 0 amide bonds. The third-order valence-electron chi connectivity index (χ3n) is 1.81. The molecule has 66 valence electrons. The van der Waals surface area contributed by atoms with Crippen molar-refractivity contribution in [2.75, 3.05) is 33.4 Å². The molecule has 4 nitrogen and oxygen atoms in total. The summed E-state index contributed by atoms with van der Waals surface area (Å²) in [5.41, 5.74) is 0. The fourth-order valence-corrected chi connectivity index (χ4v) is 1.17. The zero-order chi connectivity index (χ0) is 8.10. The highest BCUT2D eigenvalue weighted by atomic mass is 16.5. The molecule has 0 aromatic rings. The van der Waals surface area contributed by atoms with Gasteiger partial charge in [-0.25, -0.2) is 5.01 Å². The Kier molecular flexibility index (Phi) is 3.79. The van der Waals surface area contributed by atoms with Crippen LogP contribution in [0.2, 0.25) is 0 Å². The van der Waals surface area contributed by atoms with Gasteiger partial charge in [0.25, 0.3) is 0 Å². The van der Waals surface area contributed by atoms with E-state index in [1.54, 1.807) is 12.1 Å². The molecule has 11 heavy (non-hydrogen) atoms. The maximum atomic E-state index is 5.61. The number of hydrogen-bond donors (Lipinski definition) is 1. The van der Waals surface area contributed by atoms with Crippen molar-refractivity contribution in [1.29, 1.82) is 0 Å². The molecule has 1 aliphatic heterocycles. The number of rotatable bonds is 3. The van der Waals surface area contributed by atoms with Crippen molar-refractivity contribution in [2.24, 2.45) is 5.84 Å². The van der Waals surface area contributed by atoms with Crippen molar-refractivity contribution >= 4 is 0 Å². The van der Waals surface area contributed by atoms with E-state index < -0.39 is 0 Å². The highest BCUT2D eigenvalue weighted by molar-refractivity contribution is 4.66. The molecule has 1 unspecified atom stereocenters. The number of nitrogens with two attached hydrogens (primary N) is 1. The van der Waals surface area contributed by atoms with Crippen molar-refractivity contribution in [3.05, 3.63) is 0 Å². The van der Waals surface area contributed by atoms with E-state index in [1.807, 2.05) is 0 Å². The van der Waals surface area contributed by atoms with E-state index in [0.29, 0.717) is 0 Å². The molecule has 0 saturated carbocycles. The lowest BCUT2D eigenvalue weighted by molar-refractivity contribution is -0.0410. The molecule has 1 rings (SSSR count). The largest absolute Gasteiger partial charge is 0.385 e. The third-order valence-corrected chi connectivity index (χ3v) is 1.81. The summed E-state index contributed by atoms with van der Waals surface area (Å²) in [4.78, 5) is 0. The Morgan fingerprint density at radius 1 is 1.73 bits per heavy atom. The van der Waals surface area contributed by atoms with Crippen molar-refractivity contribution < 1.29 is 9.47 Å². The van der Waals surface area contributed by atoms with Crippen LogP contribution >= 0.6 is 0 Å². The first kappa shape index (κ1) is 8.93. The molecule has 1 aliphatic rings. The van der Waals surface area contributed by atoms with Gasteiger partial charge in [-0.1, -0.05) is 0 Å². The van der Waals surface area contributed by atoms with Crippen LogP contribution in [0.5, 0.6) is 0 Å². The molecule has 0 aromatic heterocycles. The van der Waals surface area contributed by atoms with Crippen molar-refractivity contribution in [3.8, 4) is 0 Å². The lowest BCUT2D eigenvalue weighted by Crippen LogP contribution is -2.46. The zero-order valence-corrected chi connectivity index (χ0v) is 6.95. The SMILES string of the molecule is COCCC1CN(N)CCO1. The molecule has 0 aromatic carbocycles. The second-order valence-electron chi connectivity index (χ2n) is 2.77. The number of nitrogens with zero attached hydrogens (tertiary/aromatic N) is 1. The molecule has 0 radical (unpaired) electrons. The summed E-state index contributed by atoms with van der Waals surface area (Å²) in [5, 5.41) is 1.80. The Morgan fingerprint density at radius 3 is 3.18 bits per heavy atom. The van der Waals surface area contributed by atoms with Crippen molar-refractivity contribution in [1.82, 2.24) is 5.01 Å². The number of ether oxygens (including phenoxy) is 2. The lowest BCUT2D eigenvalue weighted by atomic mass is 10.2. The van der Waals surface area contributed by atoms with E-state index in [4.69, 9.17) is 15.3 Å². The van der Waals surface area contributed by atoms with Crippen molar-refractivity contribution in [2.45, 2.75) is 12.5 Å². The van der Waals surface area contributed by atoms with E-state index in [0.717, 1.165) is 32.7 Å². The van der Waals surface area contributed by atoms with Crippen LogP contribution in [-0.4, -0.2) is 44.5 Å². The number of hydrogen-bond acceptors (Lipinski definition) is 4. The molecule has 1 saturated heterocycles. The lowest BCUT2D eigenvalue weighted by Gasteiger charge is -2.29. The van der Waals surface area contributed by atoms with Gasteiger partial charge in [-0.05, 0) is 6.42 Å². The summed E-state index contributed by atoms with van der Waals surface area (Å²) in [6, 6.07) is 0. The van der Waals surface area contributed by atoms with Crippen LogP contribution in [0.4, 0.5) is 0 Å². The topological polar surface area (TPSA) is 47.7 Å². The second-order valence-corrected chi connectivity index (χ2v) is 2.77. The summed E-state index contributed by atoms with van der Waals surface area (Å²) < 4.78 is 10.4. The van der Waals surface area contributed by atoms with Crippen LogP contribution in [0.3, 0.4) is 0 Å². The Morgan fingerprint density at radius 2 is 2.55 bits per heavy atom. The predicted molar refractivity (Wildman–Crippen MR) is 42.0 cm³/mol. The highest BCUT2D eigenvalue weighted by Crippen LogP contribution is 2.04. The van der Waals surface area contributed by atoms with E-state index in [2.05, 4.69) is 0 Å². The number of morpholine rings is 1. The fraction of sp³-hybridized carbons (Fsp3) is 1.00. The standard InChI is InChI=1S/C7H16N2O2/c1-10-4-2-7-6-9(8)3-5-11-7/h7H,2-6,8H2,1H3. The average molecular weight is 160 g/mol. The smallest absolute Gasteiger partial charge is 0.0738 e. The Balaban J connectivity index is 2.12. The minimum atomic E-state index is 0.258. The van der Waals surface area contributed by atoms with Crippen LogP contribution in [0.15, 0.2) is 0 Å². The third kappa shape index (κ3) is 3.16. The summed E-state index contributed by atoms with van der Waals surface area (Å²) in [6.45, 7) is 3.15. The van der Waals surface area contributed by atoms with Gasteiger partial charge in [-0.2, -0.15) is 0 Å². The number of methoxy groups -OCH3 is 1. The van der Waals surface area contributed by atoms with Gasteiger partial charge >= 0.3 is 0 Å². The maximum absolute atomic E-state index is 5.61. The maximum Gasteiger partial charge on any atom is 0.0738 e. The first-order valence-electron chi connectivity index (χ1n) is 3.93. The quantitative estimate of drug-likeness (QED) is 0.571. The summed E-state index contributed by atoms with van der Waals surface area (Å²) >= 11 is 0. The Hall–Kier alpha value is -0.160. The van der Waals surface area contributed by atoms with Gasteiger partial charge in [-0.15, -0.1) is 0 Å². The molecule has 0 spiro atoms. The minimum absolute atomic E-state index is 0.258. The summed E-state index contributed by atoms with van der Waals surface area (Å²) in [5.74, 6) is 5.61. The molecule has 1 atom stereocenters. The molecule has 1 heterocycles. The van der Waals surface area contributed by atoms with Crippen LogP contribution in [0.1, 0.15) is 6.42 Å². The van der Waals surface area contributed by atoms with Crippen molar-refractivity contribution in [3.63, 3.8) is 0 Å². The van der Waals surface area contributed by atoms with Gasteiger partial charge in [0.1, 0.15) is 0 Å². The summed E-state index contributed by atoms with van der Waals surface area (Å²) in [6.07, 6.45) is 1.19. The molecular weight excluding hydrogens is 144 g/mol. The van der Waals surface area contributed by atoms with E-state index >= 15 is 0 Å². The van der Waals surface area contributed by atoms with Gasteiger partial charge in [-0.3, -0.25) is 5.84 Å². The minimum Gasteiger partial charge on any atom is -0.385 e. The van der Waals surface area contributed by atoms with Gasteiger partial charge in [0.05, 0.1) is 12.7 Å². The zero-order valence-electron chi connectivity index (χ0n) is 6.95. The van der Waals surface area contributed by atoms with Crippen LogP contribution in [-0.2, 0) is 9.47 Å². The highest BCUT2D eigenvalue weighted by Gasteiger charge is 2.17. The predicted octanol–water partition coefficient (Wildman–Crippen LogP) is -0.403. The fourth-order valence-electron chi connectivity index (χ4n) is 1.17. The van der Waals surface area contributed by atoms with E-state index in [-0.39, 0.29) is 6.10 Å². The Labute approximate surface area is 67.2 Å². The van der Waals surface area contributed by atoms with Gasteiger partial charge in [0.15, 0.2) is 0 Å². The molecule has 0 aliphatic carbocycles. The molecule has 2 N–H and O–H groups in total. The summed E-state index contributed by atoms with van der Waals surface area (Å²) in [7, 11) is 1.70. The normalized spacial score (nSPS) is 27.3. The monoisotopic (exact) mass is 160 g/mol. The molecule has 4 heteroatoms. The first-order chi connectivity index (χ1) is 5.33. The van der Waals surface area contributed by atoms with E-state index in [9.17, 15) is 0 Å². The molecule has 1 fully saturated rings. The van der Waals surface area contributed by atoms with Gasteiger partial charge in [0.2, 0.25) is 0 Å². The first-order valence-corrected chi connectivity index (χ1v) is 3.93. The van der Waals surface area contributed by atoms with E-state index in [1.165, 1.54) is 0 Å². The molecular formula is C7H16N2O2. The van der Waals surface area contributed by atoms with Gasteiger partial charge < -0.3 is 9.47 Å².